The van der Waals surface area contributed by atoms with E-state index < -0.39 is 0 Å². The first-order valence-corrected chi connectivity index (χ1v) is 10.3. The van der Waals surface area contributed by atoms with Gasteiger partial charge in [0, 0.05) is 37.8 Å². The highest BCUT2D eigenvalue weighted by Gasteiger charge is 2.20. The number of hydrogen-bond acceptors (Lipinski definition) is 5. The van der Waals surface area contributed by atoms with Gasteiger partial charge in [0.15, 0.2) is 5.96 Å². The predicted octanol–water partition coefficient (Wildman–Crippen LogP) is 3.12. The molecule has 0 aliphatic carbocycles. The van der Waals surface area contributed by atoms with Gasteiger partial charge < -0.3 is 20.1 Å². The fraction of sp³-hybridized carbons (Fsp3) is 0.579. The molecular weight excluding hydrogens is 346 g/mol. The van der Waals surface area contributed by atoms with Gasteiger partial charge in [0.2, 0.25) is 0 Å². The minimum atomic E-state index is 0.475. The van der Waals surface area contributed by atoms with Gasteiger partial charge in [0.1, 0.15) is 5.76 Å². The maximum absolute atomic E-state index is 5.23. The Kier molecular flexibility index (Phi) is 6.55. The van der Waals surface area contributed by atoms with E-state index in [9.17, 15) is 0 Å². The summed E-state index contributed by atoms with van der Waals surface area (Å²) in [5, 5.41) is 14.5. The van der Waals surface area contributed by atoms with Gasteiger partial charge in [-0.25, -0.2) is 0 Å². The van der Waals surface area contributed by atoms with Crippen molar-refractivity contribution < 1.29 is 4.52 Å². The van der Waals surface area contributed by atoms with Crippen molar-refractivity contribution in [2.45, 2.75) is 46.1 Å². The molecular formula is C19H29N5OS. The molecule has 0 aromatic carbocycles. The van der Waals surface area contributed by atoms with E-state index in [1.165, 1.54) is 10.6 Å². The Balaban J connectivity index is 1.50. The molecule has 6 nitrogen and oxygen atoms in total. The van der Waals surface area contributed by atoms with Crippen molar-refractivity contribution in [1.82, 2.24) is 15.8 Å². The molecule has 0 unspecified atom stereocenters. The van der Waals surface area contributed by atoms with E-state index in [4.69, 9.17) is 9.52 Å². The lowest BCUT2D eigenvalue weighted by atomic mass is 10.1. The number of anilines is 1. The van der Waals surface area contributed by atoms with E-state index in [1.807, 2.05) is 25.2 Å². The molecule has 2 N–H and O–H groups in total. The zero-order chi connectivity index (χ0) is 18.4. The molecule has 0 spiro atoms. The molecule has 0 atom stereocenters. The molecule has 1 aliphatic heterocycles. The standard InChI is InChI=1S/C19H29N5OS/c1-4-20-19(21-10-7-17-14(2)23-25-15(17)3)22-16-8-11-24(12-9-16)18-6-5-13-26-18/h5-6,13,16H,4,7-12H2,1-3H3,(H2,20,21,22). The van der Waals surface area contributed by atoms with Gasteiger partial charge in [0.25, 0.3) is 0 Å². The van der Waals surface area contributed by atoms with Crippen LogP contribution in [0.2, 0.25) is 0 Å². The van der Waals surface area contributed by atoms with Gasteiger partial charge in [-0.3, -0.25) is 4.99 Å². The number of aromatic nitrogens is 1. The molecule has 0 amide bonds. The number of aryl methyl sites for hydroxylation is 2. The second-order valence-electron chi connectivity index (χ2n) is 6.67. The van der Waals surface area contributed by atoms with Gasteiger partial charge in [-0.1, -0.05) is 5.16 Å². The van der Waals surface area contributed by atoms with Gasteiger partial charge >= 0.3 is 0 Å². The third kappa shape index (κ3) is 4.78. The first-order chi connectivity index (χ1) is 12.7. The third-order valence-corrected chi connectivity index (χ3v) is 5.74. The Hall–Kier alpha value is -2.02. The number of hydrogen-bond donors (Lipinski definition) is 2. The van der Waals surface area contributed by atoms with E-state index in [0.717, 1.165) is 62.9 Å². The van der Waals surface area contributed by atoms with Crippen molar-refractivity contribution in [3.8, 4) is 0 Å². The summed E-state index contributed by atoms with van der Waals surface area (Å²) >= 11 is 1.82. The maximum Gasteiger partial charge on any atom is 0.191 e. The lowest BCUT2D eigenvalue weighted by Crippen LogP contribution is -2.48. The summed E-state index contributed by atoms with van der Waals surface area (Å²) in [7, 11) is 0. The van der Waals surface area contributed by atoms with Crippen LogP contribution in [0.1, 0.15) is 36.8 Å². The Morgan fingerprint density at radius 3 is 2.81 bits per heavy atom. The lowest BCUT2D eigenvalue weighted by Gasteiger charge is -2.33. The summed E-state index contributed by atoms with van der Waals surface area (Å²) in [4.78, 5) is 7.22. The molecule has 1 fully saturated rings. The highest BCUT2D eigenvalue weighted by molar-refractivity contribution is 7.14. The van der Waals surface area contributed by atoms with Gasteiger partial charge in [0.05, 0.1) is 10.7 Å². The van der Waals surface area contributed by atoms with Crippen LogP contribution in [0, 0.1) is 13.8 Å². The molecule has 1 saturated heterocycles. The van der Waals surface area contributed by atoms with E-state index in [2.05, 4.69) is 45.1 Å². The largest absolute Gasteiger partial charge is 0.363 e. The van der Waals surface area contributed by atoms with E-state index in [1.54, 1.807) is 0 Å². The first kappa shape index (κ1) is 18.8. The van der Waals surface area contributed by atoms with Crippen LogP contribution >= 0.6 is 11.3 Å². The number of nitrogens with one attached hydrogen (secondary N) is 2. The van der Waals surface area contributed by atoms with Gasteiger partial charge in [-0.05, 0) is 57.5 Å². The lowest BCUT2D eigenvalue weighted by molar-refractivity contribution is 0.392. The zero-order valence-corrected chi connectivity index (χ0v) is 16.7. The van der Waals surface area contributed by atoms with E-state index in [0.29, 0.717) is 6.04 Å². The van der Waals surface area contributed by atoms with Crippen LogP contribution in [0.3, 0.4) is 0 Å². The minimum absolute atomic E-state index is 0.475. The van der Waals surface area contributed by atoms with Crippen LogP contribution in [0.15, 0.2) is 27.0 Å². The number of piperidine rings is 1. The summed E-state index contributed by atoms with van der Waals surface area (Å²) in [5.41, 5.74) is 2.14. The van der Waals surface area contributed by atoms with Gasteiger partial charge in [-0.2, -0.15) is 0 Å². The molecule has 26 heavy (non-hydrogen) atoms. The predicted molar refractivity (Wildman–Crippen MR) is 108 cm³/mol. The number of nitrogens with zero attached hydrogens (tertiary/aromatic N) is 3. The molecule has 1 aliphatic rings. The van der Waals surface area contributed by atoms with Crippen LogP contribution in [0.4, 0.5) is 5.00 Å². The minimum Gasteiger partial charge on any atom is -0.363 e. The fourth-order valence-corrected chi connectivity index (χ4v) is 4.13. The Labute approximate surface area is 159 Å². The summed E-state index contributed by atoms with van der Waals surface area (Å²) < 4.78 is 5.23. The van der Waals surface area contributed by atoms with Crippen LogP contribution < -0.4 is 15.5 Å². The molecule has 0 saturated carbocycles. The molecule has 2 aromatic heterocycles. The van der Waals surface area contributed by atoms with E-state index in [-0.39, 0.29) is 0 Å². The Bertz CT molecular complexity index is 682. The molecule has 0 radical (unpaired) electrons. The van der Waals surface area contributed by atoms with Crippen molar-refractivity contribution >= 4 is 22.3 Å². The molecule has 3 rings (SSSR count). The van der Waals surface area contributed by atoms with Crippen LogP contribution in [-0.2, 0) is 6.42 Å². The van der Waals surface area contributed by atoms with Crippen LogP contribution in [0.25, 0.3) is 0 Å². The van der Waals surface area contributed by atoms with Gasteiger partial charge in [-0.15, -0.1) is 11.3 Å². The number of thiophene rings is 1. The van der Waals surface area contributed by atoms with E-state index >= 15 is 0 Å². The highest BCUT2D eigenvalue weighted by Crippen LogP contribution is 2.24. The topological polar surface area (TPSA) is 65.7 Å². The Morgan fingerprint density at radius 1 is 1.38 bits per heavy atom. The normalized spacial score (nSPS) is 16.1. The molecule has 7 heteroatoms. The van der Waals surface area contributed by atoms with Crippen molar-refractivity contribution in [3.05, 3.63) is 34.5 Å². The summed E-state index contributed by atoms with van der Waals surface area (Å²) in [6.45, 7) is 9.83. The average Bonchev–Trinajstić information content (AvgIpc) is 3.28. The summed E-state index contributed by atoms with van der Waals surface area (Å²) in [6, 6.07) is 4.81. The Morgan fingerprint density at radius 2 is 2.19 bits per heavy atom. The second-order valence-corrected chi connectivity index (χ2v) is 7.60. The number of aliphatic imine (C=N–C) groups is 1. The van der Waals surface area contributed by atoms with Crippen LogP contribution in [-0.4, -0.2) is 43.3 Å². The molecule has 3 heterocycles. The average molecular weight is 376 g/mol. The van der Waals surface area contributed by atoms with Crippen molar-refractivity contribution in [1.29, 1.82) is 0 Å². The number of guanidine groups is 1. The van der Waals surface area contributed by atoms with Crippen molar-refractivity contribution in [2.24, 2.45) is 4.99 Å². The fourth-order valence-electron chi connectivity index (χ4n) is 3.35. The van der Waals surface area contributed by atoms with Crippen molar-refractivity contribution in [2.75, 3.05) is 31.1 Å². The van der Waals surface area contributed by atoms with Crippen LogP contribution in [0.5, 0.6) is 0 Å². The third-order valence-electron chi connectivity index (χ3n) is 4.81. The highest BCUT2D eigenvalue weighted by atomic mass is 32.1. The SMILES string of the molecule is CCNC(=NCCc1c(C)noc1C)NC1CCN(c2cccs2)CC1. The first-order valence-electron chi connectivity index (χ1n) is 9.42. The summed E-state index contributed by atoms with van der Waals surface area (Å²) in [6.07, 6.45) is 3.12. The zero-order valence-electron chi connectivity index (χ0n) is 15.9. The smallest absolute Gasteiger partial charge is 0.191 e. The number of rotatable bonds is 6. The molecule has 2 aromatic rings. The second kappa shape index (κ2) is 9.07. The molecule has 142 valence electrons. The van der Waals surface area contributed by atoms with Crippen molar-refractivity contribution in [3.63, 3.8) is 0 Å². The summed E-state index contributed by atoms with van der Waals surface area (Å²) in [5.74, 6) is 1.81. The quantitative estimate of drug-likeness (QED) is 0.600. The monoisotopic (exact) mass is 375 g/mol. The molecule has 0 bridgehead atoms. The maximum atomic E-state index is 5.23.